The molecule has 108 valence electrons. The minimum Gasteiger partial charge on any atom is -0.497 e. The fraction of sp³-hybridized carbons (Fsp3) is 0.385. The zero-order valence-corrected chi connectivity index (χ0v) is 12.0. The zero-order valence-electron chi connectivity index (χ0n) is 11.2. The largest absolute Gasteiger partial charge is 0.497 e. The number of nitrogens with zero attached hydrogens (tertiary/aromatic N) is 1. The van der Waals surface area contributed by atoms with Crippen LogP contribution in [0.1, 0.15) is 18.0 Å². The third-order valence-electron chi connectivity index (χ3n) is 2.79. The lowest BCUT2D eigenvalue weighted by Gasteiger charge is -2.15. The number of amides is 1. The van der Waals surface area contributed by atoms with E-state index in [1.54, 1.807) is 19.2 Å². The second-order valence-electron chi connectivity index (χ2n) is 4.34. The lowest BCUT2D eigenvalue weighted by atomic mass is 10.2. The lowest BCUT2D eigenvalue weighted by Crippen LogP contribution is -2.34. The number of fused-ring (bicyclic) bond motifs is 1. The van der Waals surface area contributed by atoms with E-state index in [0.717, 1.165) is 10.2 Å². The van der Waals surface area contributed by atoms with Crippen LogP contribution in [0.3, 0.4) is 0 Å². The second kappa shape index (κ2) is 6.17. The number of hydrogen-bond acceptors (Lipinski definition) is 6. The molecule has 20 heavy (non-hydrogen) atoms. The Bertz CT molecular complexity index is 613. The maximum absolute atomic E-state index is 10.8. The number of aliphatic hydroxyl groups is 2. The number of hydrogen-bond donors (Lipinski definition) is 3. The van der Waals surface area contributed by atoms with E-state index in [0.29, 0.717) is 10.8 Å². The maximum Gasteiger partial charge on any atom is 0.216 e. The van der Waals surface area contributed by atoms with Crippen molar-refractivity contribution in [3.63, 3.8) is 0 Å². The number of aliphatic hydroxyl groups excluding tert-OH is 2. The summed E-state index contributed by atoms with van der Waals surface area (Å²) >= 11 is 1.28. The van der Waals surface area contributed by atoms with E-state index in [-0.39, 0.29) is 12.5 Å². The predicted octanol–water partition coefficient (Wildman–Crippen LogP) is 0.835. The van der Waals surface area contributed by atoms with Gasteiger partial charge in [-0.1, -0.05) is 0 Å². The summed E-state index contributed by atoms with van der Waals surface area (Å²) in [5.41, 5.74) is 0.733. The summed E-state index contributed by atoms with van der Waals surface area (Å²) in [4.78, 5) is 15.1. The number of rotatable bonds is 5. The van der Waals surface area contributed by atoms with Crippen LogP contribution in [-0.2, 0) is 4.79 Å². The molecule has 0 bridgehead atoms. The molecule has 0 spiro atoms. The minimum absolute atomic E-state index is 0.0181. The number of carbonyl (C=O) groups is 1. The Balaban J connectivity index is 2.17. The molecule has 0 saturated heterocycles. The van der Waals surface area contributed by atoms with Gasteiger partial charge in [0.15, 0.2) is 0 Å². The summed E-state index contributed by atoms with van der Waals surface area (Å²) in [6, 6.07) is 5.40. The molecule has 2 unspecified atom stereocenters. The molecule has 1 heterocycles. The summed E-state index contributed by atoms with van der Waals surface area (Å²) in [5, 5.41) is 22.7. The number of thiazole rings is 1. The molecule has 0 aliphatic carbocycles. The van der Waals surface area contributed by atoms with Gasteiger partial charge in [0.25, 0.3) is 0 Å². The highest BCUT2D eigenvalue weighted by molar-refractivity contribution is 7.18. The van der Waals surface area contributed by atoms with Crippen molar-refractivity contribution in [1.29, 1.82) is 0 Å². The molecular weight excluding hydrogens is 280 g/mol. The topological polar surface area (TPSA) is 91.7 Å². The van der Waals surface area contributed by atoms with Crippen LogP contribution < -0.4 is 10.1 Å². The molecule has 0 aliphatic heterocycles. The zero-order chi connectivity index (χ0) is 14.7. The molecule has 0 aliphatic rings. The van der Waals surface area contributed by atoms with Gasteiger partial charge in [0.1, 0.15) is 23.0 Å². The Morgan fingerprint density at radius 1 is 1.50 bits per heavy atom. The molecule has 2 aromatic rings. The van der Waals surface area contributed by atoms with Crippen molar-refractivity contribution >= 4 is 27.5 Å². The quantitative estimate of drug-likeness (QED) is 0.760. The van der Waals surface area contributed by atoms with Crippen LogP contribution in [-0.4, -0.2) is 40.9 Å². The van der Waals surface area contributed by atoms with Crippen LogP contribution in [0.15, 0.2) is 18.2 Å². The fourth-order valence-corrected chi connectivity index (χ4v) is 2.74. The SMILES string of the molecule is COc1ccc2nc(C(O)C(O)CNC(C)=O)sc2c1. The summed E-state index contributed by atoms with van der Waals surface area (Å²) in [5.74, 6) is 0.450. The van der Waals surface area contributed by atoms with Gasteiger partial charge in [-0.2, -0.15) is 0 Å². The van der Waals surface area contributed by atoms with Crippen molar-refractivity contribution in [1.82, 2.24) is 10.3 Å². The number of nitrogens with one attached hydrogen (secondary N) is 1. The second-order valence-corrected chi connectivity index (χ2v) is 5.40. The van der Waals surface area contributed by atoms with Crippen molar-refractivity contribution < 1.29 is 19.7 Å². The molecular formula is C13H16N2O4S. The van der Waals surface area contributed by atoms with Gasteiger partial charge < -0.3 is 20.3 Å². The van der Waals surface area contributed by atoms with Crippen molar-refractivity contribution in [2.75, 3.05) is 13.7 Å². The van der Waals surface area contributed by atoms with Crippen LogP contribution >= 0.6 is 11.3 Å². The van der Waals surface area contributed by atoms with E-state index >= 15 is 0 Å². The van der Waals surface area contributed by atoms with E-state index in [4.69, 9.17) is 4.74 Å². The highest BCUT2D eigenvalue weighted by Crippen LogP contribution is 2.30. The van der Waals surface area contributed by atoms with Crippen LogP contribution in [0.25, 0.3) is 10.2 Å². The molecule has 0 radical (unpaired) electrons. The molecule has 1 aromatic carbocycles. The van der Waals surface area contributed by atoms with Gasteiger partial charge in [0.2, 0.25) is 5.91 Å². The number of carbonyl (C=O) groups excluding carboxylic acids is 1. The van der Waals surface area contributed by atoms with E-state index < -0.39 is 12.2 Å². The number of benzene rings is 1. The smallest absolute Gasteiger partial charge is 0.216 e. The highest BCUT2D eigenvalue weighted by atomic mass is 32.1. The van der Waals surface area contributed by atoms with Gasteiger partial charge in [-0.3, -0.25) is 4.79 Å². The molecule has 0 fully saturated rings. The molecule has 1 amide bonds. The monoisotopic (exact) mass is 296 g/mol. The molecule has 3 N–H and O–H groups in total. The average Bonchev–Trinajstić information content (AvgIpc) is 2.86. The van der Waals surface area contributed by atoms with Gasteiger partial charge >= 0.3 is 0 Å². The van der Waals surface area contributed by atoms with Gasteiger partial charge in [-0.05, 0) is 18.2 Å². The highest BCUT2D eigenvalue weighted by Gasteiger charge is 2.22. The van der Waals surface area contributed by atoms with Crippen molar-refractivity contribution in [3.8, 4) is 5.75 Å². The first kappa shape index (κ1) is 14.7. The standard InChI is InChI=1S/C13H16N2O4S/c1-7(16)14-6-10(17)12(18)13-15-9-4-3-8(19-2)5-11(9)20-13/h3-5,10,12,17-18H,6H2,1-2H3,(H,14,16). The fourth-order valence-electron chi connectivity index (χ4n) is 1.70. The summed E-state index contributed by atoms with van der Waals surface area (Å²) in [7, 11) is 1.58. The van der Waals surface area contributed by atoms with Crippen molar-refractivity contribution in [3.05, 3.63) is 23.2 Å². The molecule has 2 atom stereocenters. The van der Waals surface area contributed by atoms with E-state index in [1.807, 2.05) is 6.07 Å². The Kier molecular flexibility index (Phi) is 4.53. The van der Waals surface area contributed by atoms with Crippen LogP contribution in [0.4, 0.5) is 0 Å². The summed E-state index contributed by atoms with van der Waals surface area (Å²) in [6.45, 7) is 1.33. The molecule has 0 saturated carbocycles. The summed E-state index contributed by atoms with van der Waals surface area (Å²) in [6.07, 6.45) is -2.23. The van der Waals surface area contributed by atoms with Crippen LogP contribution in [0.5, 0.6) is 5.75 Å². The lowest BCUT2D eigenvalue weighted by molar-refractivity contribution is -0.119. The molecule has 2 rings (SSSR count). The van der Waals surface area contributed by atoms with Crippen molar-refractivity contribution in [2.45, 2.75) is 19.1 Å². The third kappa shape index (κ3) is 3.24. The van der Waals surface area contributed by atoms with Crippen LogP contribution in [0, 0.1) is 0 Å². The van der Waals surface area contributed by atoms with Gasteiger partial charge in [-0.25, -0.2) is 4.98 Å². The van der Waals surface area contributed by atoms with E-state index in [1.165, 1.54) is 18.3 Å². The van der Waals surface area contributed by atoms with Gasteiger partial charge in [0, 0.05) is 13.5 Å². The first-order valence-corrected chi connectivity index (χ1v) is 6.88. The average molecular weight is 296 g/mol. The van der Waals surface area contributed by atoms with Gasteiger partial charge in [-0.15, -0.1) is 11.3 Å². The van der Waals surface area contributed by atoms with Gasteiger partial charge in [0.05, 0.1) is 17.3 Å². The van der Waals surface area contributed by atoms with E-state index in [9.17, 15) is 15.0 Å². The van der Waals surface area contributed by atoms with Crippen LogP contribution in [0.2, 0.25) is 0 Å². The Morgan fingerprint density at radius 3 is 2.90 bits per heavy atom. The summed E-state index contributed by atoms with van der Waals surface area (Å²) < 4.78 is 5.99. The van der Waals surface area contributed by atoms with E-state index in [2.05, 4.69) is 10.3 Å². The first-order chi connectivity index (χ1) is 9.51. The Morgan fingerprint density at radius 2 is 2.25 bits per heavy atom. The Labute approximate surface area is 120 Å². The molecule has 6 nitrogen and oxygen atoms in total. The number of aromatic nitrogens is 1. The minimum atomic E-state index is -1.13. The third-order valence-corrected chi connectivity index (χ3v) is 3.88. The first-order valence-electron chi connectivity index (χ1n) is 6.06. The number of methoxy groups -OCH3 is 1. The van der Waals surface area contributed by atoms with Crippen molar-refractivity contribution in [2.24, 2.45) is 0 Å². The Hall–Kier alpha value is -1.70. The molecule has 7 heteroatoms. The molecule has 1 aromatic heterocycles. The normalized spacial score (nSPS) is 14.0. The maximum atomic E-state index is 10.8. The predicted molar refractivity (Wildman–Crippen MR) is 75.8 cm³/mol. The number of ether oxygens (including phenoxy) is 1.